The van der Waals surface area contributed by atoms with Crippen molar-refractivity contribution in [2.75, 3.05) is 7.11 Å². The minimum absolute atomic E-state index is 0.759. The van der Waals surface area contributed by atoms with Gasteiger partial charge in [0.25, 0.3) is 0 Å². The van der Waals surface area contributed by atoms with Crippen molar-refractivity contribution in [3.05, 3.63) is 36.6 Å². The smallest absolute Gasteiger partial charge is 0.118 e. The highest BCUT2D eigenvalue weighted by Crippen LogP contribution is 2.21. The third-order valence-corrected chi connectivity index (χ3v) is 2.87. The fourth-order valence-electron chi connectivity index (χ4n) is 1.73. The van der Waals surface area contributed by atoms with Crippen LogP contribution in [0.5, 0.6) is 0 Å². The van der Waals surface area contributed by atoms with Crippen LogP contribution in [0.1, 0.15) is 53.9 Å². The van der Waals surface area contributed by atoms with E-state index in [9.17, 15) is 0 Å². The highest BCUT2D eigenvalue weighted by atomic mass is 16.5. The average molecular weight is 252 g/mol. The summed E-state index contributed by atoms with van der Waals surface area (Å²) in [6.45, 7) is 14.5. The molecule has 0 aliphatic carbocycles. The summed E-state index contributed by atoms with van der Waals surface area (Å²) in [4.78, 5) is 0. The second-order valence-electron chi connectivity index (χ2n) is 4.43. The van der Waals surface area contributed by atoms with Crippen LogP contribution in [-0.4, -0.2) is 7.11 Å². The van der Waals surface area contributed by atoms with Gasteiger partial charge in [-0.3, -0.25) is 0 Å². The molecule has 1 unspecified atom stereocenters. The monoisotopic (exact) mass is 252 g/mol. The number of hydrogen-bond donors (Lipinski definition) is 0. The molecule has 0 rings (SSSR count). The molecule has 1 atom stereocenters. The van der Waals surface area contributed by atoms with Crippen LogP contribution in [0.4, 0.5) is 0 Å². The lowest BCUT2D eigenvalue weighted by Gasteiger charge is -2.17. The summed E-state index contributed by atoms with van der Waals surface area (Å²) >= 11 is 0. The third kappa shape index (κ3) is 10.2. The van der Waals surface area contributed by atoms with Gasteiger partial charge in [-0.2, -0.15) is 0 Å². The summed E-state index contributed by atoms with van der Waals surface area (Å²) in [6, 6.07) is 0. The van der Waals surface area contributed by atoms with Gasteiger partial charge >= 0.3 is 0 Å². The highest BCUT2D eigenvalue weighted by molar-refractivity contribution is 5.16. The molecule has 0 aromatic heterocycles. The van der Waals surface area contributed by atoms with E-state index in [0.29, 0.717) is 0 Å². The first-order chi connectivity index (χ1) is 8.65. The predicted molar refractivity (Wildman–Crippen MR) is 83.6 cm³/mol. The maximum Gasteiger partial charge on any atom is 0.118 e. The van der Waals surface area contributed by atoms with Crippen LogP contribution in [0.2, 0.25) is 0 Å². The molecule has 0 heterocycles. The molecule has 0 aromatic carbocycles. The Morgan fingerprint density at radius 2 is 1.89 bits per heavy atom. The van der Waals surface area contributed by atoms with Crippen molar-refractivity contribution >= 4 is 0 Å². The van der Waals surface area contributed by atoms with Gasteiger partial charge in [0.2, 0.25) is 0 Å². The van der Waals surface area contributed by atoms with Crippen molar-refractivity contribution in [1.82, 2.24) is 0 Å². The molecule has 1 nitrogen and oxygen atoms in total. The Morgan fingerprint density at radius 3 is 2.28 bits per heavy atom. The molecule has 0 radical (unpaired) electrons. The molecule has 0 bridgehead atoms. The molecule has 0 spiro atoms. The Hall–Kier alpha value is -0.980. The molecular weight excluding hydrogens is 220 g/mol. The van der Waals surface area contributed by atoms with Crippen LogP contribution in [0.15, 0.2) is 36.6 Å². The minimum atomic E-state index is 0.759. The Morgan fingerprint density at radius 1 is 1.28 bits per heavy atom. The van der Waals surface area contributed by atoms with Crippen molar-refractivity contribution in [3.8, 4) is 0 Å². The van der Waals surface area contributed by atoms with Crippen molar-refractivity contribution in [1.29, 1.82) is 0 Å². The average Bonchev–Trinajstić information content (AvgIpc) is 2.39. The highest BCUT2D eigenvalue weighted by Gasteiger charge is 2.09. The van der Waals surface area contributed by atoms with Crippen LogP contribution in [-0.2, 0) is 4.74 Å². The van der Waals surface area contributed by atoms with Gasteiger partial charge in [-0.25, -0.2) is 0 Å². The van der Waals surface area contributed by atoms with Crippen molar-refractivity contribution < 1.29 is 4.74 Å². The predicted octanol–water partition coefficient (Wildman–Crippen LogP) is 5.75. The maximum atomic E-state index is 5.09. The normalized spacial score (nSPS) is 13.2. The molecule has 0 saturated carbocycles. The summed E-state index contributed by atoms with van der Waals surface area (Å²) in [5.41, 5.74) is 0. The number of allylic oxidation sites excluding steroid dienone is 4. The lowest BCUT2D eigenvalue weighted by Crippen LogP contribution is -2.06. The standard InChI is InChI=1S/C15H26O.C2H6/c1-6-10-14(13(3)4)11-8-9-12-15(7-2)16-5;1-2/h7-9,12-14H,2,6,10-11H2,1,3-5H3;1-2H3/b9-8-,15-12+;. The number of rotatable bonds is 8. The summed E-state index contributed by atoms with van der Waals surface area (Å²) in [5, 5.41) is 0. The second kappa shape index (κ2) is 14.1. The molecule has 106 valence electrons. The molecule has 0 aliphatic rings. The number of methoxy groups -OCH3 is 1. The largest absolute Gasteiger partial charge is 0.497 e. The number of hydrogen-bond acceptors (Lipinski definition) is 1. The van der Waals surface area contributed by atoms with Crippen LogP contribution >= 0.6 is 0 Å². The van der Waals surface area contributed by atoms with Gasteiger partial charge in [0.1, 0.15) is 5.76 Å². The summed E-state index contributed by atoms with van der Waals surface area (Å²) in [7, 11) is 1.66. The Kier molecular flexibility index (Phi) is 15.1. The van der Waals surface area contributed by atoms with Crippen LogP contribution < -0.4 is 0 Å². The quantitative estimate of drug-likeness (QED) is 0.395. The molecule has 0 aliphatic heterocycles. The first-order valence-corrected chi connectivity index (χ1v) is 7.18. The second-order valence-corrected chi connectivity index (χ2v) is 4.43. The van der Waals surface area contributed by atoms with Gasteiger partial charge in [0, 0.05) is 0 Å². The van der Waals surface area contributed by atoms with E-state index in [2.05, 4.69) is 39.5 Å². The van der Waals surface area contributed by atoms with E-state index in [1.54, 1.807) is 13.2 Å². The zero-order valence-electron chi connectivity index (χ0n) is 13.2. The minimum Gasteiger partial charge on any atom is -0.497 e. The van der Waals surface area contributed by atoms with Crippen molar-refractivity contribution in [2.45, 2.75) is 53.9 Å². The first-order valence-electron chi connectivity index (χ1n) is 7.18. The molecule has 0 saturated heterocycles. The van der Waals surface area contributed by atoms with E-state index >= 15 is 0 Å². The zero-order valence-corrected chi connectivity index (χ0v) is 13.2. The Balaban J connectivity index is 0. The fourth-order valence-corrected chi connectivity index (χ4v) is 1.73. The Bertz CT molecular complexity index is 236. The molecule has 1 heteroatoms. The lowest BCUT2D eigenvalue weighted by atomic mass is 9.88. The molecule has 0 fully saturated rings. The molecular formula is C17H32O. The van der Waals surface area contributed by atoms with E-state index in [0.717, 1.165) is 24.0 Å². The molecule has 0 N–H and O–H groups in total. The van der Waals surface area contributed by atoms with Crippen LogP contribution in [0, 0.1) is 11.8 Å². The van der Waals surface area contributed by atoms with Crippen LogP contribution in [0.3, 0.4) is 0 Å². The molecule has 0 aromatic rings. The number of ether oxygens (including phenoxy) is 1. The van der Waals surface area contributed by atoms with Gasteiger partial charge in [0.05, 0.1) is 7.11 Å². The van der Waals surface area contributed by atoms with E-state index in [-0.39, 0.29) is 0 Å². The zero-order chi connectivity index (χ0) is 14.4. The van der Waals surface area contributed by atoms with Crippen molar-refractivity contribution in [3.63, 3.8) is 0 Å². The van der Waals surface area contributed by atoms with Gasteiger partial charge in [-0.1, -0.05) is 66.2 Å². The SMILES string of the molecule is C=C/C(=C\C=C/CC(CCC)C(C)C)OC.CC. The third-order valence-electron chi connectivity index (χ3n) is 2.87. The van der Waals surface area contributed by atoms with Gasteiger partial charge in [0.15, 0.2) is 0 Å². The van der Waals surface area contributed by atoms with Gasteiger partial charge in [-0.15, -0.1) is 0 Å². The summed E-state index contributed by atoms with van der Waals surface area (Å²) < 4.78 is 5.09. The van der Waals surface area contributed by atoms with E-state index in [1.165, 1.54) is 12.8 Å². The van der Waals surface area contributed by atoms with Crippen LogP contribution in [0.25, 0.3) is 0 Å². The summed E-state index contributed by atoms with van der Waals surface area (Å²) in [5.74, 6) is 2.37. The topological polar surface area (TPSA) is 9.23 Å². The van der Waals surface area contributed by atoms with Gasteiger partial charge in [-0.05, 0) is 30.4 Å². The van der Waals surface area contributed by atoms with E-state index in [1.807, 2.05) is 19.9 Å². The summed E-state index contributed by atoms with van der Waals surface area (Å²) in [6.07, 6.45) is 11.7. The van der Waals surface area contributed by atoms with Gasteiger partial charge < -0.3 is 4.74 Å². The maximum absolute atomic E-state index is 5.09. The first kappa shape index (κ1) is 19.4. The van der Waals surface area contributed by atoms with E-state index in [4.69, 9.17) is 4.74 Å². The lowest BCUT2D eigenvalue weighted by molar-refractivity contribution is 0.307. The Labute approximate surface area is 115 Å². The molecule has 18 heavy (non-hydrogen) atoms. The fraction of sp³-hybridized carbons (Fsp3) is 0.647. The van der Waals surface area contributed by atoms with Crippen molar-refractivity contribution in [2.24, 2.45) is 11.8 Å². The van der Waals surface area contributed by atoms with E-state index < -0.39 is 0 Å². The molecule has 0 amide bonds.